The van der Waals surface area contributed by atoms with Crippen LogP contribution in [0.4, 0.5) is 0 Å². The number of aromatic nitrogens is 2. The van der Waals surface area contributed by atoms with Gasteiger partial charge >= 0.3 is 0 Å². The number of carbonyl (C=O) groups is 1. The molecule has 0 aliphatic rings. The van der Waals surface area contributed by atoms with Gasteiger partial charge in [0.2, 0.25) is 0 Å². The van der Waals surface area contributed by atoms with Gasteiger partial charge in [-0.1, -0.05) is 6.07 Å². The Bertz CT molecular complexity index is 793. The zero-order chi connectivity index (χ0) is 17.1. The van der Waals surface area contributed by atoms with E-state index in [0.717, 1.165) is 22.6 Å². The summed E-state index contributed by atoms with van der Waals surface area (Å²) in [5, 5.41) is 2.89. The second-order valence-corrected chi connectivity index (χ2v) is 6.04. The van der Waals surface area contributed by atoms with Crippen molar-refractivity contribution in [2.45, 2.75) is 40.2 Å². The van der Waals surface area contributed by atoms with E-state index in [1.165, 1.54) is 4.57 Å². The topological polar surface area (TPSA) is 64.0 Å². The number of aryl methyl sites for hydroxylation is 2. The summed E-state index contributed by atoms with van der Waals surface area (Å²) in [4.78, 5) is 29.1. The summed E-state index contributed by atoms with van der Waals surface area (Å²) in [6.07, 6.45) is 0.624. The summed E-state index contributed by atoms with van der Waals surface area (Å²) in [6.45, 7) is 7.61. The molecule has 0 unspecified atom stereocenters. The van der Waals surface area contributed by atoms with Crippen molar-refractivity contribution in [2.75, 3.05) is 0 Å². The van der Waals surface area contributed by atoms with Crippen LogP contribution in [-0.2, 0) is 13.5 Å². The Labute approximate surface area is 136 Å². The van der Waals surface area contributed by atoms with E-state index in [2.05, 4.69) is 10.3 Å². The molecule has 2 aromatic rings. The lowest BCUT2D eigenvalue weighted by molar-refractivity contribution is 0.0938. The number of carbonyl (C=O) groups excluding carboxylic acids is 1. The number of rotatable bonds is 4. The fourth-order valence-electron chi connectivity index (χ4n) is 2.52. The van der Waals surface area contributed by atoms with Crippen LogP contribution in [0.1, 0.15) is 39.9 Å². The SMILES string of the molecule is Cc1cccc(C[C@H](C)NC(=O)c2cc(C)c(C)n(C)c2=O)n1. The summed E-state index contributed by atoms with van der Waals surface area (Å²) in [6, 6.07) is 7.37. The van der Waals surface area contributed by atoms with Crippen LogP contribution in [0.25, 0.3) is 0 Å². The van der Waals surface area contributed by atoms with Crippen LogP contribution >= 0.6 is 0 Å². The van der Waals surface area contributed by atoms with Gasteiger partial charge in [-0.3, -0.25) is 14.6 Å². The molecule has 0 aliphatic heterocycles. The minimum atomic E-state index is -0.339. The Morgan fingerprint density at radius 3 is 2.65 bits per heavy atom. The van der Waals surface area contributed by atoms with Crippen molar-refractivity contribution in [3.05, 3.63) is 62.8 Å². The molecule has 0 saturated carbocycles. The molecule has 1 N–H and O–H groups in total. The lowest BCUT2D eigenvalue weighted by Crippen LogP contribution is -2.38. The maximum absolute atomic E-state index is 12.4. The van der Waals surface area contributed by atoms with Gasteiger partial charge < -0.3 is 9.88 Å². The summed E-state index contributed by atoms with van der Waals surface area (Å²) in [5.74, 6) is -0.339. The monoisotopic (exact) mass is 313 g/mol. The Balaban J connectivity index is 2.15. The van der Waals surface area contributed by atoms with Crippen molar-refractivity contribution in [3.8, 4) is 0 Å². The molecular weight excluding hydrogens is 290 g/mol. The number of hydrogen-bond donors (Lipinski definition) is 1. The van der Waals surface area contributed by atoms with Gasteiger partial charge in [0.1, 0.15) is 5.56 Å². The molecule has 2 aromatic heterocycles. The van der Waals surface area contributed by atoms with Gasteiger partial charge in [0.25, 0.3) is 11.5 Å². The predicted octanol–water partition coefficient (Wildman–Crippen LogP) is 2.07. The van der Waals surface area contributed by atoms with Gasteiger partial charge in [-0.2, -0.15) is 0 Å². The third-order valence-electron chi connectivity index (χ3n) is 4.05. The molecule has 5 heteroatoms. The second kappa shape index (κ2) is 6.77. The van der Waals surface area contributed by atoms with Crippen LogP contribution < -0.4 is 10.9 Å². The number of amides is 1. The van der Waals surface area contributed by atoms with Gasteiger partial charge in [-0.05, 0) is 51.5 Å². The highest BCUT2D eigenvalue weighted by Crippen LogP contribution is 2.07. The number of nitrogens with zero attached hydrogens (tertiary/aromatic N) is 2. The van der Waals surface area contributed by atoms with E-state index in [9.17, 15) is 9.59 Å². The van der Waals surface area contributed by atoms with Gasteiger partial charge in [-0.25, -0.2) is 0 Å². The van der Waals surface area contributed by atoms with Crippen molar-refractivity contribution in [1.82, 2.24) is 14.9 Å². The molecule has 0 aromatic carbocycles. The average Bonchev–Trinajstić information content (AvgIpc) is 2.48. The zero-order valence-electron chi connectivity index (χ0n) is 14.3. The van der Waals surface area contributed by atoms with Gasteiger partial charge in [0.15, 0.2) is 0 Å². The van der Waals surface area contributed by atoms with Crippen molar-refractivity contribution in [2.24, 2.45) is 7.05 Å². The highest BCUT2D eigenvalue weighted by Gasteiger charge is 2.16. The molecule has 0 saturated heterocycles. The average molecular weight is 313 g/mol. The van der Waals surface area contributed by atoms with E-state index in [4.69, 9.17) is 0 Å². The molecule has 122 valence electrons. The summed E-state index contributed by atoms with van der Waals surface area (Å²) < 4.78 is 1.51. The maximum Gasteiger partial charge on any atom is 0.263 e. The molecule has 5 nitrogen and oxygen atoms in total. The largest absolute Gasteiger partial charge is 0.349 e. The highest BCUT2D eigenvalue weighted by molar-refractivity contribution is 5.94. The first-order chi connectivity index (χ1) is 10.8. The standard InChI is InChI=1S/C18H23N3O2/c1-11-9-16(18(23)21(5)14(11)4)17(22)20-13(3)10-15-8-6-7-12(2)19-15/h6-9,13H,10H2,1-5H3,(H,20,22)/t13-/m0/s1. The second-order valence-electron chi connectivity index (χ2n) is 6.04. The van der Waals surface area contributed by atoms with Crippen LogP contribution in [0.2, 0.25) is 0 Å². The Hall–Kier alpha value is -2.43. The molecule has 2 rings (SSSR count). The predicted molar refractivity (Wildman–Crippen MR) is 90.8 cm³/mol. The van der Waals surface area contributed by atoms with Crippen molar-refractivity contribution in [3.63, 3.8) is 0 Å². The molecule has 0 bridgehead atoms. The fourth-order valence-corrected chi connectivity index (χ4v) is 2.52. The summed E-state index contributed by atoms with van der Waals surface area (Å²) in [7, 11) is 1.68. The van der Waals surface area contributed by atoms with Crippen molar-refractivity contribution < 1.29 is 4.79 Å². The Morgan fingerprint density at radius 1 is 1.30 bits per heavy atom. The third-order valence-corrected chi connectivity index (χ3v) is 4.05. The van der Waals surface area contributed by atoms with Gasteiger partial charge in [-0.15, -0.1) is 0 Å². The van der Waals surface area contributed by atoms with Crippen LogP contribution in [0.3, 0.4) is 0 Å². The maximum atomic E-state index is 12.4. The molecule has 1 amide bonds. The third kappa shape index (κ3) is 3.86. The molecule has 0 aliphatic carbocycles. The normalized spacial score (nSPS) is 12.0. The van der Waals surface area contributed by atoms with E-state index in [1.807, 2.05) is 45.9 Å². The van der Waals surface area contributed by atoms with E-state index >= 15 is 0 Å². The highest BCUT2D eigenvalue weighted by atomic mass is 16.2. The van der Waals surface area contributed by atoms with Gasteiger partial charge in [0, 0.05) is 36.6 Å². The van der Waals surface area contributed by atoms with Crippen LogP contribution in [0, 0.1) is 20.8 Å². The lowest BCUT2D eigenvalue weighted by atomic mass is 10.1. The van der Waals surface area contributed by atoms with E-state index in [1.54, 1.807) is 13.1 Å². The van der Waals surface area contributed by atoms with Crippen LogP contribution in [0.15, 0.2) is 29.1 Å². The van der Waals surface area contributed by atoms with E-state index in [-0.39, 0.29) is 23.1 Å². The summed E-state index contributed by atoms with van der Waals surface area (Å²) in [5.41, 5.74) is 3.56. The molecule has 0 fully saturated rings. The molecular formula is C18H23N3O2. The number of pyridine rings is 2. The number of nitrogens with one attached hydrogen (secondary N) is 1. The smallest absolute Gasteiger partial charge is 0.263 e. The summed E-state index contributed by atoms with van der Waals surface area (Å²) >= 11 is 0. The number of hydrogen-bond acceptors (Lipinski definition) is 3. The van der Waals surface area contributed by atoms with Crippen LogP contribution in [-0.4, -0.2) is 21.5 Å². The first kappa shape index (κ1) is 16.9. The van der Waals surface area contributed by atoms with E-state index in [0.29, 0.717) is 6.42 Å². The molecule has 2 heterocycles. The first-order valence-electron chi connectivity index (χ1n) is 7.70. The van der Waals surface area contributed by atoms with Gasteiger partial charge in [0.05, 0.1) is 0 Å². The minimum absolute atomic E-state index is 0.108. The molecule has 23 heavy (non-hydrogen) atoms. The quantitative estimate of drug-likeness (QED) is 0.940. The zero-order valence-corrected chi connectivity index (χ0v) is 14.3. The van der Waals surface area contributed by atoms with Crippen molar-refractivity contribution in [1.29, 1.82) is 0 Å². The Kier molecular flexibility index (Phi) is 4.98. The Morgan fingerprint density at radius 2 is 2.00 bits per heavy atom. The first-order valence-corrected chi connectivity index (χ1v) is 7.70. The molecule has 0 radical (unpaired) electrons. The van der Waals surface area contributed by atoms with E-state index < -0.39 is 0 Å². The minimum Gasteiger partial charge on any atom is -0.349 e. The molecule has 1 atom stereocenters. The molecule has 0 spiro atoms. The van der Waals surface area contributed by atoms with Crippen LogP contribution in [0.5, 0.6) is 0 Å². The lowest BCUT2D eigenvalue weighted by Gasteiger charge is -2.15. The van der Waals surface area contributed by atoms with Crippen molar-refractivity contribution >= 4 is 5.91 Å². The fraction of sp³-hybridized carbons (Fsp3) is 0.389.